The maximum absolute atomic E-state index is 11.7. The summed E-state index contributed by atoms with van der Waals surface area (Å²) in [6.45, 7) is 0.161. The Morgan fingerprint density at radius 3 is 2.89 bits per heavy atom. The monoisotopic (exact) mass is 262 g/mol. The summed E-state index contributed by atoms with van der Waals surface area (Å²) in [5.74, 6) is -0.463. The lowest BCUT2D eigenvalue weighted by Crippen LogP contribution is -2.06. The molecule has 2 rings (SSSR count). The zero-order valence-electron chi connectivity index (χ0n) is 9.47. The first-order valence-corrected chi connectivity index (χ1v) is 5.65. The Hall–Kier alpha value is -2.07. The van der Waals surface area contributed by atoms with Gasteiger partial charge in [0, 0.05) is 17.4 Å². The Morgan fingerprint density at radius 1 is 1.33 bits per heavy atom. The van der Waals surface area contributed by atoms with E-state index in [9.17, 15) is 4.79 Å². The van der Waals surface area contributed by atoms with Gasteiger partial charge in [-0.25, -0.2) is 4.79 Å². The van der Waals surface area contributed by atoms with Crippen LogP contribution in [0.1, 0.15) is 15.9 Å². The van der Waals surface area contributed by atoms with E-state index in [1.165, 1.54) is 18.5 Å². The van der Waals surface area contributed by atoms with Crippen LogP contribution in [0.3, 0.4) is 0 Å². The number of carbonyl (C=O) groups is 1. The lowest BCUT2D eigenvalue weighted by atomic mass is 10.2. The number of pyridine rings is 1. The second-order valence-corrected chi connectivity index (χ2v) is 4.15. The maximum Gasteiger partial charge on any atom is 0.340 e. The minimum absolute atomic E-state index is 0.161. The van der Waals surface area contributed by atoms with Crippen molar-refractivity contribution in [3.05, 3.63) is 58.9 Å². The molecule has 0 aliphatic heterocycles. The molecule has 0 saturated carbocycles. The quantitative estimate of drug-likeness (QED) is 0.864. The van der Waals surface area contributed by atoms with Gasteiger partial charge in [-0.3, -0.25) is 4.98 Å². The Bertz CT molecular complexity index is 572. The number of carbonyl (C=O) groups excluding carboxylic acids is 1. The van der Waals surface area contributed by atoms with E-state index < -0.39 is 5.97 Å². The molecule has 18 heavy (non-hydrogen) atoms. The highest BCUT2D eigenvalue weighted by molar-refractivity contribution is 6.30. The summed E-state index contributed by atoms with van der Waals surface area (Å²) in [6.07, 6.45) is 2.88. The third kappa shape index (κ3) is 3.21. The summed E-state index contributed by atoms with van der Waals surface area (Å²) >= 11 is 5.83. The molecule has 0 fully saturated rings. The van der Waals surface area contributed by atoms with Crippen LogP contribution in [0.4, 0.5) is 5.69 Å². The first-order chi connectivity index (χ1) is 8.65. The van der Waals surface area contributed by atoms with Gasteiger partial charge in [0.05, 0.1) is 11.3 Å². The Balaban J connectivity index is 2.00. The van der Waals surface area contributed by atoms with Gasteiger partial charge in [0.2, 0.25) is 0 Å². The molecule has 1 aromatic carbocycles. The number of hydrogen-bond acceptors (Lipinski definition) is 4. The molecule has 2 N–H and O–H groups in total. The van der Waals surface area contributed by atoms with Gasteiger partial charge in [0.15, 0.2) is 0 Å². The molecule has 92 valence electrons. The van der Waals surface area contributed by atoms with Gasteiger partial charge < -0.3 is 10.5 Å². The molecule has 0 bridgehead atoms. The first-order valence-electron chi connectivity index (χ1n) is 5.27. The van der Waals surface area contributed by atoms with Crippen molar-refractivity contribution in [1.82, 2.24) is 4.98 Å². The molecule has 0 aliphatic rings. The third-order valence-corrected chi connectivity index (χ3v) is 2.49. The van der Waals surface area contributed by atoms with Crippen LogP contribution < -0.4 is 5.73 Å². The van der Waals surface area contributed by atoms with Crippen molar-refractivity contribution in [2.24, 2.45) is 0 Å². The molecule has 0 unspecified atom stereocenters. The fourth-order valence-electron chi connectivity index (χ4n) is 1.43. The van der Waals surface area contributed by atoms with E-state index in [1.54, 1.807) is 18.2 Å². The number of aromatic nitrogens is 1. The largest absolute Gasteiger partial charge is 0.457 e. The van der Waals surface area contributed by atoms with Crippen molar-refractivity contribution in [2.45, 2.75) is 6.61 Å². The summed E-state index contributed by atoms with van der Waals surface area (Å²) in [5, 5.41) is 0.606. The number of ether oxygens (including phenoxy) is 1. The molecular formula is C13H11ClN2O2. The van der Waals surface area contributed by atoms with Gasteiger partial charge >= 0.3 is 5.97 Å². The van der Waals surface area contributed by atoms with Gasteiger partial charge in [-0.1, -0.05) is 23.7 Å². The molecule has 0 atom stereocenters. The smallest absolute Gasteiger partial charge is 0.340 e. The third-order valence-electron chi connectivity index (χ3n) is 2.25. The number of nitrogen functional groups attached to an aromatic ring is 1. The topological polar surface area (TPSA) is 65.2 Å². The number of nitrogens with two attached hydrogens (primary N) is 1. The molecule has 1 heterocycles. The molecular weight excluding hydrogens is 252 g/mol. The number of benzene rings is 1. The van der Waals surface area contributed by atoms with E-state index in [4.69, 9.17) is 22.1 Å². The molecule has 0 amide bonds. The summed E-state index contributed by atoms with van der Waals surface area (Å²) in [6, 6.07) is 8.65. The highest BCUT2D eigenvalue weighted by Gasteiger charge is 2.08. The average molecular weight is 263 g/mol. The van der Waals surface area contributed by atoms with Crippen LogP contribution in [0, 0.1) is 0 Å². The van der Waals surface area contributed by atoms with E-state index >= 15 is 0 Å². The summed E-state index contributed by atoms with van der Waals surface area (Å²) < 4.78 is 5.13. The molecule has 0 radical (unpaired) electrons. The standard InChI is InChI=1S/C13H11ClN2O2/c14-11-3-1-2-9(4-11)8-18-13(17)10-5-12(15)7-16-6-10/h1-7H,8,15H2. The highest BCUT2D eigenvalue weighted by atomic mass is 35.5. The molecule has 0 aliphatic carbocycles. The number of nitrogens with zero attached hydrogens (tertiary/aromatic N) is 1. The summed E-state index contributed by atoms with van der Waals surface area (Å²) in [7, 11) is 0. The fourth-order valence-corrected chi connectivity index (χ4v) is 1.64. The van der Waals surface area contributed by atoms with Crippen molar-refractivity contribution in [3.8, 4) is 0 Å². The first kappa shape index (κ1) is 12.4. The van der Waals surface area contributed by atoms with Crippen molar-refractivity contribution in [3.63, 3.8) is 0 Å². The van der Waals surface area contributed by atoms with Crippen LogP contribution in [0.25, 0.3) is 0 Å². The minimum Gasteiger partial charge on any atom is -0.457 e. The zero-order chi connectivity index (χ0) is 13.0. The van der Waals surface area contributed by atoms with Gasteiger partial charge in [0.25, 0.3) is 0 Å². The molecule has 0 spiro atoms. The molecule has 5 heteroatoms. The van der Waals surface area contributed by atoms with Crippen LogP contribution in [0.5, 0.6) is 0 Å². The van der Waals surface area contributed by atoms with Crippen LogP contribution in [-0.4, -0.2) is 11.0 Å². The summed E-state index contributed by atoms with van der Waals surface area (Å²) in [4.78, 5) is 15.5. The number of halogens is 1. The lowest BCUT2D eigenvalue weighted by Gasteiger charge is -2.05. The zero-order valence-corrected chi connectivity index (χ0v) is 10.2. The van der Waals surface area contributed by atoms with E-state index in [1.807, 2.05) is 6.07 Å². The fraction of sp³-hybridized carbons (Fsp3) is 0.0769. The Labute approximate surface area is 109 Å². The normalized spacial score (nSPS) is 10.1. The van der Waals surface area contributed by atoms with Crippen molar-refractivity contribution in [1.29, 1.82) is 0 Å². The van der Waals surface area contributed by atoms with E-state index in [2.05, 4.69) is 4.98 Å². The second-order valence-electron chi connectivity index (χ2n) is 3.71. The highest BCUT2D eigenvalue weighted by Crippen LogP contribution is 2.12. The SMILES string of the molecule is Nc1cncc(C(=O)OCc2cccc(Cl)c2)c1. The Kier molecular flexibility index (Phi) is 3.79. The van der Waals surface area contributed by atoms with Crippen LogP contribution in [0.15, 0.2) is 42.7 Å². The van der Waals surface area contributed by atoms with Gasteiger partial charge in [-0.15, -0.1) is 0 Å². The van der Waals surface area contributed by atoms with Gasteiger partial charge in [-0.05, 0) is 23.8 Å². The van der Waals surface area contributed by atoms with Crippen LogP contribution >= 0.6 is 11.6 Å². The Morgan fingerprint density at radius 2 is 2.17 bits per heavy atom. The van der Waals surface area contributed by atoms with E-state index in [-0.39, 0.29) is 6.61 Å². The van der Waals surface area contributed by atoms with E-state index in [0.717, 1.165) is 5.56 Å². The van der Waals surface area contributed by atoms with Crippen molar-refractivity contribution in [2.75, 3.05) is 5.73 Å². The van der Waals surface area contributed by atoms with Gasteiger partial charge in [-0.2, -0.15) is 0 Å². The average Bonchev–Trinajstić information content (AvgIpc) is 2.36. The predicted octanol–water partition coefficient (Wildman–Crippen LogP) is 2.67. The predicted molar refractivity (Wildman–Crippen MR) is 69.2 cm³/mol. The summed E-state index contributed by atoms with van der Waals surface area (Å²) in [5.41, 5.74) is 7.12. The van der Waals surface area contributed by atoms with Gasteiger partial charge in [0.1, 0.15) is 6.61 Å². The molecule has 2 aromatic rings. The number of esters is 1. The van der Waals surface area contributed by atoms with Crippen molar-refractivity contribution >= 4 is 23.3 Å². The van der Waals surface area contributed by atoms with Crippen molar-refractivity contribution < 1.29 is 9.53 Å². The molecule has 4 nitrogen and oxygen atoms in total. The number of anilines is 1. The molecule has 0 saturated heterocycles. The number of rotatable bonds is 3. The minimum atomic E-state index is -0.463. The van der Waals surface area contributed by atoms with Crippen LogP contribution in [0.2, 0.25) is 5.02 Å². The second kappa shape index (κ2) is 5.51. The lowest BCUT2D eigenvalue weighted by molar-refractivity contribution is 0.0472. The molecule has 1 aromatic heterocycles. The maximum atomic E-state index is 11.7. The number of hydrogen-bond donors (Lipinski definition) is 1. The van der Waals surface area contributed by atoms with E-state index in [0.29, 0.717) is 16.3 Å². The van der Waals surface area contributed by atoms with Crippen LogP contribution in [-0.2, 0) is 11.3 Å².